The first-order valence-electron chi connectivity index (χ1n) is 13.8. The second-order valence-electron chi connectivity index (χ2n) is 12.3. The number of benzene rings is 1. The van der Waals surface area contributed by atoms with E-state index >= 15 is 0 Å². The third-order valence-electron chi connectivity index (χ3n) is 10.1. The molecule has 0 amide bonds. The summed E-state index contributed by atoms with van der Waals surface area (Å²) < 4.78 is 6.39. The molecule has 1 aromatic heterocycles. The van der Waals surface area contributed by atoms with Crippen molar-refractivity contribution in [2.75, 3.05) is 0 Å². The summed E-state index contributed by atoms with van der Waals surface area (Å²) in [5, 5.41) is 14.5. The van der Waals surface area contributed by atoms with Crippen LogP contribution in [-0.4, -0.2) is 27.7 Å². The number of carboxylic acids is 1. The number of aromatic nitrogens is 1. The predicted molar refractivity (Wildman–Crippen MR) is 140 cm³/mol. The van der Waals surface area contributed by atoms with Crippen LogP contribution in [0.5, 0.6) is 5.75 Å². The molecular formula is C30H42N2O3. The van der Waals surface area contributed by atoms with Gasteiger partial charge in [-0.15, -0.1) is 0 Å². The van der Waals surface area contributed by atoms with Gasteiger partial charge in [0, 0.05) is 17.5 Å². The van der Waals surface area contributed by atoms with Crippen molar-refractivity contribution in [3.8, 4) is 5.75 Å². The average molecular weight is 479 g/mol. The number of aliphatic carboxylic acids is 1. The second kappa shape index (κ2) is 9.38. The number of nitrogens with one attached hydrogen (secondary N) is 1. The number of hydrogen-bond acceptors (Lipinski definition) is 4. The van der Waals surface area contributed by atoms with Crippen molar-refractivity contribution < 1.29 is 14.6 Å². The molecule has 35 heavy (non-hydrogen) atoms. The van der Waals surface area contributed by atoms with E-state index < -0.39 is 11.4 Å². The van der Waals surface area contributed by atoms with Crippen LogP contribution in [0.15, 0.2) is 30.3 Å². The van der Waals surface area contributed by atoms with E-state index in [1.807, 2.05) is 0 Å². The Hall–Kier alpha value is -2.14. The van der Waals surface area contributed by atoms with Gasteiger partial charge in [0.25, 0.3) is 0 Å². The van der Waals surface area contributed by atoms with Gasteiger partial charge in [0.1, 0.15) is 5.75 Å². The third kappa shape index (κ3) is 4.94. The van der Waals surface area contributed by atoms with Crippen molar-refractivity contribution in [1.82, 2.24) is 10.3 Å². The Morgan fingerprint density at radius 3 is 2.37 bits per heavy atom. The number of ether oxygens (including phenoxy) is 1. The Morgan fingerprint density at radius 2 is 1.74 bits per heavy atom. The van der Waals surface area contributed by atoms with Crippen molar-refractivity contribution >= 4 is 16.9 Å². The molecule has 0 radical (unpaired) electrons. The van der Waals surface area contributed by atoms with Crippen LogP contribution in [-0.2, 0) is 11.3 Å². The highest BCUT2D eigenvalue weighted by Gasteiger charge is 2.52. The molecule has 1 aromatic carbocycles. The minimum absolute atomic E-state index is 0.0802. The van der Waals surface area contributed by atoms with Gasteiger partial charge >= 0.3 is 5.97 Å². The van der Waals surface area contributed by atoms with Crippen molar-refractivity contribution in [1.29, 1.82) is 0 Å². The topological polar surface area (TPSA) is 71.5 Å². The third-order valence-corrected chi connectivity index (χ3v) is 10.1. The van der Waals surface area contributed by atoms with Crippen LogP contribution in [0.4, 0.5) is 0 Å². The molecule has 6 rings (SSSR count). The zero-order valence-corrected chi connectivity index (χ0v) is 21.7. The van der Waals surface area contributed by atoms with Crippen LogP contribution in [0.25, 0.3) is 10.9 Å². The van der Waals surface area contributed by atoms with E-state index in [0.717, 1.165) is 86.2 Å². The first-order valence-corrected chi connectivity index (χ1v) is 13.8. The number of pyridine rings is 1. The quantitative estimate of drug-likeness (QED) is 0.433. The Kier molecular flexibility index (Phi) is 6.58. The number of carbonyl (C=O) groups is 1. The maximum Gasteiger partial charge on any atom is 0.309 e. The van der Waals surface area contributed by atoms with E-state index in [1.54, 1.807) is 0 Å². The smallest absolute Gasteiger partial charge is 0.309 e. The van der Waals surface area contributed by atoms with E-state index in [0.29, 0.717) is 11.5 Å². The van der Waals surface area contributed by atoms with Crippen LogP contribution >= 0.6 is 0 Å². The fraction of sp³-hybridized carbons (Fsp3) is 0.667. The van der Waals surface area contributed by atoms with Crippen LogP contribution in [0.1, 0.15) is 97.1 Å². The van der Waals surface area contributed by atoms with Gasteiger partial charge in [-0.1, -0.05) is 33.3 Å². The lowest BCUT2D eigenvalue weighted by molar-refractivity contribution is -0.156. The van der Waals surface area contributed by atoms with Crippen LogP contribution in [0.3, 0.4) is 0 Å². The minimum atomic E-state index is -0.599. The molecule has 0 unspecified atom stereocenters. The average Bonchev–Trinajstić information content (AvgIpc) is 2.89. The van der Waals surface area contributed by atoms with Crippen molar-refractivity contribution in [3.05, 3.63) is 36.0 Å². The van der Waals surface area contributed by atoms with E-state index in [9.17, 15) is 9.90 Å². The van der Waals surface area contributed by atoms with Crippen molar-refractivity contribution in [3.63, 3.8) is 0 Å². The monoisotopic (exact) mass is 478 g/mol. The van der Waals surface area contributed by atoms with Gasteiger partial charge in [-0.2, -0.15) is 0 Å². The molecule has 0 spiro atoms. The summed E-state index contributed by atoms with van der Waals surface area (Å²) in [5.74, 6) is 1.16. The highest BCUT2D eigenvalue weighted by Crippen LogP contribution is 2.52. The van der Waals surface area contributed by atoms with Crippen LogP contribution in [0.2, 0.25) is 0 Å². The summed E-state index contributed by atoms with van der Waals surface area (Å²) in [6.45, 7) is 7.86. The molecular weight excluding hydrogens is 436 g/mol. The zero-order valence-electron chi connectivity index (χ0n) is 21.7. The van der Waals surface area contributed by atoms with Gasteiger partial charge in [-0.05, 0) is 99.8 Å². The molecule has 0 saturated heterocycles. The Bertz CT molecular complexity index is 1050. The van der Waals surface area contributed by atoms with Gasteiger partial charge in [0.2, 0.25) is 0 Å². The number of hydrogen-bond donors (Lipinski definition) is 2. The summed E-state index contributed by atoms with van der Waals surface area (Å²) >= 11 is 0. The summed E-state index contributed by atoms with van der Waals surface area (Å²) in [4.78, 5) is 16.6. The summed E-state index contributed by atoms with van der Waals surface area (Å²) in [6, 6.07) is 10.6. The number of fused-ring (bicyclic) bond motifs is 4. The van der Waals surface area contributed by atoms with E-state index in [4.69, 9.17) is 9.72 Å². The zero-order chi connectivity index (χ0) is 24.7. The van der Waals surface area contributed by atoms with Crippen LogP contribution in [0, 0.1) is 16.7 Å². The molecule has 4 saturated carbocycles. The molecule has 4 aliphatic rings. The molecule has 0 aliphatic heterocycles. The lowest BCUT2D eigenvalue weighted by Crippen LogP contribution is -2.56. The lowest BCUT2D eigenvalue weighted by atomic mass is 9.57. The Morgan fingerprint density at radius 1 is 1.06 bits per heavy atom. The molecule has 5 nitrogen and oxygen atoms in total. The highest BCUT2D eigenvalue weighted by atomic mass is 16.5. The van der Waals surface area contributed by atoms with E-state index in [2.05, 4.69) is 56.4 Å². The summed E-state index contributed by atoms with van der Waals surface area (Å²) in [5.41, 5.74) is 2.09. The predicted octanol–water partition coefficient (Wildman–Crippen LogP) is 6.88. The largest absolute Gasteiger partial charge is 0.490 e. The Labute approximate surface area is 210 Å². The van der Waals surface area contributed by atoms with Crippen molar-refractivity contribution in [2.45, 2.75) is 110 Å². The first-order chi connectivity index (χ1) is 16.7. The lowest BCUT2D eigenvalue weighted by Gasteiger charge is -2.51. The van der Waals surface area contributed by atoms with Crippen LogP contribution < -0.4 is 10.1 Å². The molecule has 4 aliphatic carbocycles. The normalized spacial score (nSPS) is 30.9. The molecule has 4 fully saturated rings. The molecule has 0 atom stereocenters. The summed E-state index contributed by atoms with van der Waals surface area (Å²) in [6.07, 6.45) is 11.6. The minimum Gasteiger partial charge on any atom is -0.490 e. The Balaban J connectivity index is 1.17. The maximum atomic E-state index is 11.7. The number of nitrogens with zero attached hydrogens (tertiary/aromatic N) is 1. The fourth-order valence-corrected chi connectivity index (χ4v) is 6.81. The number of carboxylic acid groups (broad SMARTS) is 1. The van der Waals surface area contributed by atoms with Crippen molar-refractivity contribution in [2.24, 2.45) is 16.7 Å². The SMILES string of the molecule is CCC(C)(C)[C@H]1CC[C@H](Oc2ccc3nc(CNC45CCC(C(=O)O)(CC4)CC5)ccc3c2)CC1. The molecule has 2 bridgehead atoms. The summed E-state index contributed by atoms with van der Waals surface area (Å²) in [7, 11) is 0. The standard InChI is InChI=1S/C30H42N2O3/c1-4-28(2,3)22-6-9-24(10-7-22)35-25-11-12-26-21(19-25)5-8-23(32-26)20-31-30-16-13-29(14-17-30,15-18-30)27(33)34/h5,8,11-12,19,22,24,31H,4,6-7,9-10,13-18,20H2,1-3H3,(H,33,34)/t22-,24-,29?,30?. The molecule has 1 heterocycles. The van der Waals surface area contributed by atoms with E-state index in [-0.39, 0.29) is 5.54 Å². The van der Waals surface area contributed by atoms with Gasteiger partial charge in [-0.3, -0.25) is 9.78 Å². The van der Waals surface area contributed by atoms with E-state index in [1.165, 1.54) is 19.3 Å². The maximum absolute atomic E-state index is 11.7. The second-order valence-corrected chi connectivity index (χ2v) is 12.3. The fourth-order valence-electron chi connectivity index (χ4n) is 6.81. The van der Waals surface area contributed by atoms with Gasteiger partial charge in [0.15, 0.2) is 0 Å². The number of rotatable bonds is 8. The van der Waals surface area contributed by atoms with Gasteiger partial charge < -0.3 is 15.2 Å². The first kappa shape index (κ1) is 24.5. The van der Waals surface area contributed by atoms with Gasteiger partial charge in [0.05, 0.1) is 22.7 Å². The molecule has 190 valence electrons. The molecule has 5 heteroatoms. The molecule has 2 N–H and O–H groups in total. The molecule has 2 aromatic rings. The van der Waals surface area contributed by atoms with Gasteiger partial charge in [-0.25, -0.2) is 0 Å². The highest BCUT2D eigenvalue weighted by molar-refractivity contribution is 5.80.